The fourth-order valence-electron chi connectivity index (χ4n) is 4.41. The number of ether oxygens (including phenoxy) is 2. The molecule has 218 valence electrons. The number of nitrogens with one attached hydrogen (secondary N) is 1. The number of carbonyl (C=O) groups excluding carboxylic acids is 2. The van der Waals surface area contributed by atoms with E-state index in [0.717, 1.165) is 5.56 Å². The second-order valence-electron chi connectivity index (χ2n) is 9.17. The summed E-state index contributed by atoms with van der Waals surface area (Å²) in [5, 5.41) is 12.4. The molecular formula is C26H29Cl2N7O6. The molecule has 0 spiro atoms. The molecule has 1 aliphatic rings. The van der Waals surface area contributed by atoms with Crippen LogP contribution < -0.4 is 15.0 Å². The van der Waals surface area contributed by atoms with Gasteiger partial charge in [0.2, 0.25) is 17.8 Å². The van der Waals surface area contributed by atoms with Gasteiger partial charge in [-0.05, 0) is 24.1 Å². The van der Waals surface area contributed by atoms with Gasteiger partial charge in [0.15, 0.2) is 0 Å². The average Bonchev–Trinajstić information content (AvgIpc) is 3.48. The first-order chi connectivity index (χ1) is 19.7. The van der Waals surface area contributed by atoms with Gasteiger partial charge in [-0.1, -0.05) is 29.3 Å². The van der Waals surface area contributed by atoms with E-state index in [-0.39, 0.29) is 36.5 Å². The summed E-state index contributed by atoms with van der Waals surface area (Å²) < 4.78 is 11.8. The van der Waals surface area contributed by atoms with E-state index in [0.29, 0.717) is 48.6 Å². The van der Waals surface area contributed by atoms with Gasteiger partial charge in [-0.2, -0.15) is 4.98 Å². The predicted octanol–water partition coefficient (Wildman–Crippen LogP) is 1.85. The van der Waals surface area contributed by atoms with Gasteiger partial charge in [-0.15, -0.1) is 0 Å². The van der Waals surface area contributed by atoms with Crippen molar-refractivity contribution in [3.63, 3.8) is 0 Å². The van der Waals surface area contributed by atoms with Gasteiger partial charge in [0.25, 0.3) is 0 Å². The zero-order chi connectivity index (χ0) is 29.4. The molecule has 0 aliphatic carbocycles. The minimum atomic E-state index is -1.16. The van der Waals surface area contributed by atoms with E-state index in [1.54, 1.807) is 53.5 Å². The van der Waals surface area contributed by atoms with Crippen molar-refractivity contribution in [3.05, 3.63) is 58.7 Å². The standard InChI is InChI=1S/C26H29Cl2N7O6/c1-40-20-3-2-17(10-19(20)27)4-5-30-23(36)11-18-13-33(24(37)14-41-15-25(38)39)8-9-35(18)22-12-21(28)31-26(32-22)34-7-6-29-16-34/h2-3,6-7,10,12,16,18H,4-5,8-9,11,13-15H2,1H3,(H,30,36)(H,38,39). The fraction of sp³-hybridized carbons (Fsp3) is 0.385. The van der Waals surface area contributed by atoms with Crippen LogP contribution in [-0.2, 0) is 25.5 Å². The van der Waals surface area contributed by atoms with Gasteiger partial charge in [-0.3, -0.25) is 14.2 Å². The summed E-state index contributed by atoms with van der Waals surface area (Å²) in [7, 11) is 1.54. The largest absolute Gasteiger partial charge is 0.495 e. The van der Waals surface area contributed by atoms with E-state index in [1.165, 1.54) is 0 Å². The summed E-state index contributed by atoms with van der Waals surface area (Å²) in [6, 6.07) is 6.60. The molecule has 1 fully saturated rings. The third-order valence-electron chi connectivity index (χ3n) is 6.36. The van der Waals surface area contributed by atoms with Gasteiger partial charge >= 0.3 is 5.97 Å². The molecule has 1 unspecified atom stereocenters. The minimum absolute atomic E-state index is 0.0607. The van der Waals surface area contributed by atoms with Crippen LogP contribution >= 0.6 is 23.2 Å². The molecule has 3 heterocycles. The van der Waals surface area contributed by atoms with Crippen molar-refractivity contribution < 1.29 is 29.0 Å². The lowest BCUT2D eigenvalue weighted by Crippen LogP contribution is -2.57. The molecule has 1 saturated heterocycles. The summed E-state index contributed by atoms with van der Waals surface area (Å²) in [5.74, 6) is -0.368. The number of carboxylic acids is 1. The third-order valence-corrected chi connectivity index (χ3v) is 6.85. The van der Waals surface area contributed by atoms with E-state index in [4.69, 9.17) is 37.8 Å². The summed E-state index contributed by atoms with van der Waals surface area (Å²) >= 11 is 12.5. The lowest BCUT2D eigenvalue weighted by molar-refractivity contribution is -0.146. The number of hydrogen-bond acceptors (Lipinski definition) is 9. The quantitative estimate of drug-likeness (QED) is 0.292. The zero-order valence-electron chi connectivity index (χ0n) is 22.2. The van der Waals surface area contributed by atoms with Crippen LogP contribution in [0.15, 0.2) is 43.0 Å². The number of halogens is 2. The Bertz CT molecular complexity index is 1370. The Morgan fingerprint density at radius 2 is 1.98 bits per heavy atom. The number of anilines is 1. The first kappa shape index (κ1) is 30.0. The zero-order valence-corrected chi connectivity index (χ0v) is 23.7. The number of carboxylic acid groups (broad SMARTS) is 1. The third kappa shape index (κ3) is 8.28. The lowest BCUT2D eigenvalue weighted by atomic mass is 10.1. The molecular weight excluding hydrogens is 577 g/mol. The predicted molar refractivity (Wildman–Crippen MR) is 150 cm³/mol. The molecule has 3 aromatic rings. The summed E-state index contributed by atoms with van der Waals surface area (Å²) in [6.45, 7) is 0.285. The molecule has 0 bridgehead atoms. The number of benzene rings is 1. The van der Waals surface area contributed by atoms with Crippen molar-refractivity contribution >= 4 is 46.8 Å². The Hall–Kier alpha value is -3.94. The highest BCUT2D eigenvalue weighted by molar-refractivity contribution is 6.32. The first-order valence-corrected chi connectivity index (χ1v) is 13.4. The molecule has 2 amide bonds. The fourth-order valence-corrected chi connectivity index (χ4v) is 4.86. The Labute approximate surface area is 246 Å². The maximum Gasteiger partial charge on any atom is 0.329 e. The van der Waals surface area contributed by atoms with Crippen LogP contribution in [0.1, 0.15) is 12.0 Å². The van der Waals surface area contributed by atoms with Gasteiger partial charge in [0.1, 0.15) is 36.3 Å². The van der Waals surface area contributed by atoms with Crippen molar-refractivity contribution in [2.75, 3.05) is 51.4 Å². The second-order valence-corrected chi connectivity index (χ2v) is 9.96. The number of carbonyl (C=O) groups is 3. The topological polar surface area (TPSA) is 152 Å². The first-order valence-electron chi connectivity index (χ1n) is 12.7. The van der Waals surface area contributed by atoms with E-state index in [2.05, 4.69) is 20.3 Å². The maximum absolute atomic E-state index is 13.0. The highest BCUT2D eigenvalue weighted by Gasteiger charge is 2.32. The number of aliphatic carboxylic acids is 1. The summed E-state index contributed by atoms with van der Waals surface area (Å²) in [5.41, 5.74) is 0.941. The monoisotopic (exact) mass is 605 g/mol. The summed E-state index contributed by atoms with van der Waals surface area (Å²) in [4.78, 5) is 52.9. The number of nitrogens with zero attached hydrogens (tertiary/aromatic N) is 6. The Kier molecular flexibility index (Phi) is 10.3. The van der Waals surface area contributed by atoms with Crippen LogP contribution in [0.25, 0.3) is 5.95 Å². The Balaban J connectivity index is 1.46. The Morgan fingerprint density at radius 1 is 1.15 bits per heavy atom. The van der Waals surface area contributed by atoms with Crippen LogP contribution in [-0.4, -0.2) is 99.9 Å². The smallest absolute Gasteiger partial charge is 0.329 e. The molecule has 4 rings (SSSR count). The molecule has 0 saturated carbocycles. The van der Waals surface area contributed by atoms with E-state index in [9.17, 15) is 14.4 Å². The highest BCUT2D eigenvalue weighted by Crippen LogP contribution is 2.26. The average molecular weight is 606 g/mol. The van der Waals surface area contributed by atoms with Crippen LogP contribution in [0.2, 0.25) is 10.2 Å². The van der Waals surface area contributed by atoms with Crippen molar-refractivity contribution in [1.29, 1.82) is 0 Å². The molecule has 1 atom stereocenters. The van der Waals surface area contributed by atoms with E-state index >= 15 is 0 Å². The van der Waals surface area contributed by atoms with Crippen molar-refractivity contribution in [1.82, 2.24) is 29.7 Å². The van der Waals surface area contributed by atoms with Gasteiger partial charge < -0.3 is 29.7 Å². The number of piperazine rings is 1. The minimum Gasteiger partial charge on any atom is -0.495 e. The molecule has 1 aromatic carbocycles. The molecule has 2 N–H and O–H groups in total. The van der Waals surface area contributed by atoms with Crippen molar-refractivity contribution in [2.45, 2.75) is 18.9 Å². The number of aromatic nitrogens is 4. The lowest BCUT2D eigenvalue weighted by Gasteiger charge is -2.42. The van der Waals surface area contributed by atoms with Gasteiger partial charge in [-0.25, -0.2) is 14.8 Å². The number of amides is 2. The molecule has 41 heavy (non-hydrogen) atoms. The highest BCUT2D eigenvalue weighted by atomic mass is 35.5. The van der Waals surface area contributed by atoms with Crippen LogP contribution in [0.4, 0.5) is 5.82 Å². The number of rotatable bonds is 12. The van der Waals surface area contributed by atoms with Crippen LogP contribution in [0.3, 0.4) is 0 Å². The number of hydrogen-bond donors (Lipinski definition) is 2. The van der Waals surface area contributed by atoms with Crippen LogP contribution in [0, 0.1) is 0 Å². The molecule has 15 heteroatoms. The van der Waals surface area contributed by atoms with E-state index in [1.807, 2.05) is 11.0 Å². The normalized spacial score (nSPS) is 15.0. The van der Waals surface area contributed by atoms with Crippen LogP contribution in [0.5, 0.6) is 5.75 Å². The van der Waals surface area contributed by atoms with Gasteiger partial charge in [0, 0.05) is 51.1 Å². The Morgan fingerprint density at radius 3 is 2.68 bits per heavy atom. The van der Waals surface area contributed by atoms with Gasteiger partial charge in [0.05, 0.1) is 18.2 Å². The van der Waals surface area contributed by atoms with Crippen molar-refractivity contribution in [2.24, 2.45) is 0 Å². The van der Waals surface area contributed by atoms with Crippen molar-refractivity contribution in [3.8, 4) is 11.7 Å². The second kappa shape index (κ2) is 14.1. The maximum atomic E-state index is 13.0. The molecule has 0 radical (unpaired) electrons. The molecule has 1 aliphatic heterocycles. The number of imidazole rings is 1. The van der Waals surface area contributed by atoms with E-state index < -0.39 is 18.6 Å². The number of methoxy groups -OCH3 is 1. The SMILES string of the molecule is COc1ccc(CCNC(=O)CC2CN(C(=O)COCC(=O)O)CCN2c2cc(Cl)nc(-n3ccnc3)n2)cc1Cl. The molecule has 13 nitrogen and oxygen atoms in total. The summed E-state index contributed by atoms with van der Waals surface area (Å²) in [6.07, 6.45) is 5.44. The molecule has 2 aromatic heterocycles.